The Kier molecular flexibility index (Phi) is 5.31. The van der Waals surface area contributed by atoms with Crippen LogP contribution in [0.1, 0.15) is 12.8 Å². The number of methoxy groups -OCH3 is 1. The summed E-state index contributed by atoms with van der Waals surface area (Å²) in [7, 11) is 1.55. The predicted octanol–water partition coefficient (Wildman–Crippen LogP) is 0.730. The average Bonchev–Trinajstić information content (AvgIpc) is 2.52. The highest BCUT2D eigenvalue weighted by atomic mass is 16.5. The van der Waals surface area contributed by atoms with Gasteiger partial charge in [0.05, 0.1) is 12.8 Å². The second kappa shape index (κ2) is 7.44. The number of rotatable bonds is 6. The Morgan fingerprint density at radius 3 is 3.00 bits per heavy atom. The highest BCUT2D eigenvalue weighted by molar-refractivity contribution is 5.79. The van der Waals surface area contributed by atoms with Crippen molar-refractivity contribution in [3.63, 3.8) is 0 Å². The van der Waals surface area contributed by atoms with Gasteiger partial charge in [-0.1, -0.05) is 0 Å². The third-order valence-corrected chi connectivity index (χ3v) is 3.06. The minimum absolute atomic E-state index is 0.409. The van der Waals surface area contributed by atoms with Crippen LogP contribution in [0.3, 0.4) is 0 Å². The molecule has 7 heteroatoms. The first kappa shape index (κ1) is 14.3. The fourth-order valence-electron chi connectivity index (χ4n) is 1.96. The van der Waals surface area contributed by atoms with Gasteiger partial charge in [-0.05, 0) is 25.9 Å². The van der Waals surface area contributed by atoms with Gasteiger partial charge in [0.1, 0.15) is 0 Å². The van der Waals surface area contributed by atoms with Gasteiger partial charge < -0.3 is 26.1 Å². The van der Waals surface area contributed by atoms with Crippen molar-refractivity contribution in [3.8, 4) is 5.88 Å². The molecule has 1 aliphatic rings. The Bertz CT molecular complexity index is 470. The number of allylic oxidation sites excluding steroid dienone is 1. The minimum Gasteiger partial charge on any atom is -0.481 e. The third kappa shape index (κ3) is 4.20. The zero-order valence-corrected chi connectivity index (χ0v) is 11.5. The molecule has 108 valence electrons. The van der Waals surface area contributed by atoms with Gasteiger partial charge in [-0.25, -0.2) is 4.98 Å². The molecule has 0 radical (unpaired) electrons. The molecule has 0 bridgehead atoms. The minimum atomic E-state index is 0.409. The highest BCUT2D eigenvalue weighted by Crippen LogP contribution is 2.09. The van der Waals surface area contributed by atoms with Gasteiger partial charge in [-0.3, -0.25) is 0 Å². The van der Waals surface area contributed by atoms with E-state index < -0.39 is 0 Å². The quantitative estimate of drug-likeness (QED) is 0.572. The number of anilines is 1. The number of hydrogen-bond acceptors (Lipinski definition) is 7. The highest BCUT2D eigenvalue weighted by Gasteiger charge is 2.10. The summed E-state index contributed by atoms with van der Waals surface area (Å²) in [6, 6.07) is 2.12. The van der Waals surface area contributed by atoms with E-state index in [-0.39, 0.29) is 0 Å². The summed E-state index contributed by atoms with van der Waals surface area (Å²) >= 11 is 0. The Morgan fingerprint density at radius 1 is 1.50 bits per heavy atom. The molecule has 1 fully saturated rings. The molecule has 7 nitrogen and oxygen atoms in total. The van der Waals surface area contributed by atoms with Gasteiger partial charge in [0.15, 0.2) is 0 Å². The van der Waals surface area contributed by atoms with Crippen LogP contribution in [0.2, 0.25) is 0 Å². The zero-order chi connectivity index (χ0) is 14.2. The zero-order valence-electron chi connectivity index (χ0n) is 11.5. The number of hydrogen-bond donors (Lipinski definition) is 4. The fourth-order valence-corrected chi connectivity index (χ4v) is 1.96. The normalized spacial score (nSPS) is 16.6. The monoisotopic (exact) mass is 276 g/mol. The van der Waals surface area contributed by atoms with Crippen LogP contribution in [0.25, 0.3) is 0 Å². The lowest BCUT2D eigenvalue weighted by atomic mass is 10.1. The second-order valence-corrected chi connectivity index (χ2v) is 4.48. The molecule has 2 heterocycles. The molecule has 0 unspecified atom stereocenters. The van der Waals surface area contributed by atoms with Crippen LogP contribution in [0.5, 0.6) is 5.88 Å². The summed E-state index contributed by atoms with van der Waals surface area (Å²) < 4.78 is 5.03. The standard InChI is InChI=1S/C13H20N6O/c1-20-12-4-7-16-13(19-12)18-11(8-14)9-17-10-2-5-15-6-3-10/h4,7-10,14-15,17H,2-3,5-6H2,1H3,(H,16,18,19)/b11-9+,14-8?. The number of piperidine rings is 1. The number of aromatic nitrogens is 2. The largest absolute Gasteiger partial charge is 0.481 e. The van der Waals surface area contributed by atoms with Crippen LogP contribution in [-0.4, -0.2) is 42.4 Å². The SMILES string of the molecule is COc1ccnc(N/C(C=N)=C/NC2CCNCC2)n1. The van der Waals surface area contributed by atoms with Gasteiger partial charge in [-0.2, -0.15) is 4.98 Å². The molecule has 0 amide bonds. The van der Waals surface area contributed by atoms with Crippen molar-refractivity contribution in [2.75, 3.05) is 25.5 Å². The second-order valence-electron chi connectivity index (χ2n) is 4.48. The van der Waals surface area contributed by atoms with Crippen LogP contribution in [0, 0.1) is 5.41 Å². The van der Waals surface area contributed by atoms with Crippen molar-refractivity contribution in [2.45, 2.75) is 18.9 Å². The third-order valence-electron chi connectivity index (χ3n) is 3.06. The lowest BCUT2D eigenvalue weighted by Gasteiger charge is -2.23. The topological polar surface area (TPSA) is 95.0 Å². The molecule has 0 saturated carbocycles. The maximum atomic E-state index is 7.43. The van der Waals surface area contributed by atoms with Crippen LogP contribution in [-0.2, 0) is 0 Å². The smallest absolute Gasteiger partial charge is 0.230 e. The maximum Gasteiger partial charge on any atom is 0.230 e. The Hall–Kier alpha value is -2.15. The summed E-state index contributed by atoms with van der Waals surface area (Å²) in [5, 5.41) is 17.0. The number of nitrogens with one attached hydrogen (secondary N) is 4. The first-order valence-corrected chi connectivity index (χ1v) is 6.63. The van der Waals surface area contributed by atoms with Crippen LogP contribution >= 0.6 is 0 Å². The van der Waals surface area contributed by atoms with Crippen molar-refractivity contribution in [3.05, 3.63) is 24.2 Å². The summed E-state index contributed by atoms with van der Waals surface area (Å²) in [6.45, 7) is 2.05. The average molecular weight is 276 g/mol. The number of nitrogens with zero attached hydrogens (tertiary/aromatic N) is 2. The van der Waals surface area contributed by atoms with Crippen molar-refractivity contribution >= 4 is 12.2 Å². The van der Waals surface area contributed by atoms with E-state index in [4.69, 9.17) is 10.1 Å². The lowest BCUT2D eigenvalue weighted by Crippen LogP contribution is -2.38. The molecule has 20 heavy (non-hydrogen) atoms. The van der Waals surface area contributed by atoms with Crippen molar-refractivity contribution in [1.29, 1.82) is 5.41 Å². The predicted molar refractivity (Wildman–Crippen MR) is 78.1 cm³/mol. The number of ether oxygens (including phenoxy) is 1. The molecule has 1 saturated heterocycles. The van der Waals surface area contributed by atoms with E-state index in [0.717, 1.165) is 25.9 Å². The first-order chi connectivity index (χ1) is 9.81. The summed E-state index contributed by atoms with van der Waals surface area (Å²) in [4.78, 5) is 8.23. The van der Waals surface area contributed by atoms with Crippen LogP contribution < -0.4 is 20.7 Å². The van der Waals surface area contributed by atoms with E-state index in [1.165, 1.54) is 6.21 Å². The van der Waals surface area contributed by atoms with E-state index in [1.54, 1.807) is 25.6 Å². The lowest BCUT2D eigenvalue weighted by molar-refractivity contribution is 0.397. The Balaban J connectivity index is 1.94. The molecular weight excluding hydrogens is 256 g/mol. The van der Waals surface area contributed by atoms with Gasteiger partial charge in [0.2, 0.25) is 11.8 Å². The van der Waals surface area contributed by atoms with E-state index >= 15 is 0 Å². The molecule has 1 aromatic rings. The summed E-state index contributed by atoms with van der Waals surface area (Å²) in [6.07, 6.45) is 6.80. The maximum absolute atomic E-state index is 7.43. The van der Waals surface area contributed by atoms with Crippen molar-refractivity contribution in [1.82, 2.24) is 20.6 Å². The molecule has 0 spiro atoms. The Labute approximate surface area is 118 Å². The first-order valence-electron chi connectivity index (χ1n) is 6.63. The van der Waals surface area contributed by atoms with Crippen LogP contribution in [0.15, 0.2) is 24.2 Å². The molecule has 2 rings (SSSR count). The van der Waals surface area contributed by atoms with Crippen molar-refractivity contribution < 1.29 is 4.74 Å². The summed E-state index contributed by atoms with van der Waals surface area (Å²) in [5.41, 5.74) is 0.608. The van der Waals surface area contributed by atoms with Gasteiger partial charge >= 0.3 is 0 Å². The fraction of sp³-hybridized carbons (Fsp3) is 0.462. The van der Waals surface area contributed by atoms with E-state index in [0.29, 0.717) is 23.6 Å². The molecule has 0 aliphatic carbocycles. The van der Waals surface area contributed by atoms with Gasteiger partial charge in [-0.15, -0.1) is 0 Å². The molecule has 4 N–H and O–H groups in total. The van der Waals surface area contributed by atoms with Crippen LogP contribution in [0.4, 0.5) is 5.95 Å². The molecule has 1 aliphatic heterocycles. The summed E-state index contributed by atoms with van der Waals surface area (Å²) in [5.74, 6) is 0.893. The van der Waals surface area contributed by atoms with Gasteiger partial charge in [0, 0.05) is 30.7 Å². The molecule has 1 aromatic heterocycles. The molecular formula is C13H20N6O. The van der Waals surface area contributed by atoms with E-state index in [9.17, 15) is 0 Å². The van der Waals surface area contributed by atoms with Crippen molar-refractivity contribution in [2.24, 2.45) is 0 Å². The van der Waals surface area contributed by atoms with Gasteiger partial charge in [0.25, 0.3) is 0 Å². The van der Waals surface area contributed by atoms with E-state index in [1.807, 2.05) is 0 Å². The molecule has 0 aromatic carbocycles. The van der Waals surface area contributed by atoms with E-state index in [2.05, 4.69) is 25.9 Å². The molecule has 0 atom stereocenters. The Morgan fingerprint density at radius 2 is 2.30 bits per heavy atom.